The molecule has 1 aromatic carbocycles. The van der Waals surface area contributed by atoms with E-state index >= 15 is 9.59 Å². The highest BCUT2D eigenvalue weighted by Gasteiger charge is 2.76. The summed E-state index contributed by atoms with van der Waals surface area (Å²) in [5.41, 5.74) is -2.56. The highest BCUT2D eigenvalue weighted by atomic mass is 16.5. The molecule has 0 unspecified atom stereocenters. The van der Waals surface area contributed by atoms with Gasteiger partial charge in [0.2, 0.25) is 0 Å². The minimum absolute atomic E-state index is 0.0264. The summed E-state index contributed by atoms with van der Waals surface area (Å²) in [5.74, 6) is -2.52. The van der Waals surface area contributed by atoms with Crippen molar-refractivity contribution in [1.82, 2.24) is 0 Å². The molecule has 0 amide bonds. The van der Waals surface area contributed by atoms with Gasteiger partial charge in [-0.05, 0) is 109 Å². The van der Waals surface area contributed by atoms with E-state index in [2.05, 4.69) is 13.2 Å². The Balaban J connectivity index is 2.05. The van der Waals surface area contributed by atoms with Crippen LogP contribution in [0.2, 0.25) is 0 Å². The van der Waals surface area contributed by atoms with Crippen LogP contribution in [0.4, 0.5) is 0 Å². The smallest absolute Gasteiger partial charge is 0.184 e. The summed E-state index contributed by atoms with van der Waals surface area (Å²) < 4.78 is 6.45. The molecule has 1 aromatic rings. The second kappa shape index (κ2) is 11.7. The number of rotatable bonds is 11. The minimum Gasteiger partial charge on any atom is -0.504 e. The maximum Gasteiger partial charge on any atom is 0.184 e. The molecule has 1 aliphatic heterocycles. The number of fused-ring (bicyclic) bond motifs is 3. The van der Waals surface area contributed by atoms with Gasteiger partial charge in [0.1, 0.15) is 11.9 Å². The second-order valence-electron chi connectivity index (χ2n) is 15.2. The number of ether oxygens (including phenoxy) is 1. The molecule has 2 bridgehead atoms. The summed E-state index contributed by atoms with van der Waals surface area (Å²) in [5, 5.41) is 31.5. The van der Waals surface area contributed by atoms with Gasteiger partial charge in [-0.2, -0.15) is 0 Å². The fourth-order valence-corrected chi connectivity index (χ4v) is 7.78. The number of carbonyl (C=O) groups is 3. The van der Waals surface area contributed by atoms with Crippen molar-refractivity contribution in [2.45, 2.75) is 106 Å². The van der Waals surface area contributed by atoms with E-state index in [4.69, 9.17) is 4.74 Å². The van der Waals surface area contributed by atoms with Gasteiger partial charge in [0.25, 0.3) is 0 Å². The van der Waals surface area contributed by atoms with E-state index in [0.717, 1.165) is 29.6 Å². The van der Waals surface area contributed by atoms with E-state index < -0.39 is 51.0 Å². The van der Waals surface area contributed by atoms with E-state index in [1.807, 2.05) is 47.6 Å². The molecule has 244 valence electrons. The van der Waals surface area contributed by atoms with Crippen molar-refractivity contribution in [3.05, 3.63) is 71.0 Å². The lowest BCUT2D eigenvalue weighted by molar-refractivity contribution is -0.166. The third kappa shape index (κ3) is 5.51. The molecule has 1 fully saturated rings. The second-order valence-corrected chi connectivity index (χ2v) is 15.2. The van der Waals surface area contributed by atoms with Crippen molar-refractivity contribution in [2.75, 3.05) is 0 Å². The zero-order valence-electron chi connectivity index (χ0n) is 28.2. The van der Waals surface area contributed by atoms with Crippen molar-refractivity contribution in [3.63, 3.8) is 0 Å². The predicted octanol–water partition coefficient (Wildman–Crippen LogP) is 7.56. The minimum atomic E-state index is -1.92. The van der Waals surface area contributed by atoms with Gasteiger partial charge in [0.15, 0.2) is 34.3 Å². The van der Waals surface area contributed by atoms with E-state index in [1.165, 1.54) is 18.2 Å². The van der Waals surface area contributed by atoms with Gasteiger partial charge < -0.3 is 20.1 Å². The first-order valence-corrected chi connectivity index (χ1v) is 15.9. The summed E-state index contributed by atoms with van der Waals surface area (Å²) in [4.78, 5) is 45.2. The lowest BCUT2D eigenvalue weighted by Crippen LogP contribution is -2.68. The number of hydrogen-bond donors (Lipinski definition) is 3. The molecule has 3 aliphatic rings. The molecular formula is C38H50O7. The van der Waals surface area contributed by atoms with E-state index in [-0.39, 0.29) is 53.8 Å². The van der Waals surface area contributed by atoms with Crippen LogP contribution in [-0.2, 0) is 14.3 Å². The van der Waals surface area contributed by atoms with Gasteiger partial charge in [-0.1, -0.05) is 43.2 Å². The van der Waals surface area contributed by atoms with Crippen LogP contribution in [0, 0.1) is 28.1 Å². The quantitative estimate of drug-likeness (QED) is 0.101. The maximum absolute atomic E-state index is 15.3. The van der Waals surface area contributed by atoms with Crippen LogP contribution in [0.5, 0.6) is 11.5 Å². The van der Waals surface area contributed by atoms with E-state index in [1.54, 1.807) is 13.8 Å². The number of Topliss-reactive ketones (excluding diaryl/α,β-unsaturated/α-hetero) is 3. The van der Waals surface area contributed by atoms with Gasteiger partial charge in [-0.15, -0.1) is 6.58 Å². The molecule has 0 saturated heterocycles. The van der Waals surface area contributed by atoms with Crippen molar-refractivity contribution < 1.29 is 34.4 Å². The molecule has 5 atom stereocenters. The number of carbonyl (C=O) groups excluding carboxylic acids is 3. The van der Waals surface area contributed by atoms with Crippen LogP contribution in [0.15, 0.2) is 65.5 Å². The highest BCUT2D eigenvalue weighted by molar-refractivity contribution is 6.30. The topological polar surface area (TPSA) is 121 Å². The Morgan fingerprint density at radius 3 is 2.29 bits per heavy atom. The van der Waals surface area contributed by atoms with Crippen LogP contribution in [0.1, 0.15) is 104 Å². The third-order valence-corrected chi connectivity index (χ3v) is 10.7. The molecular weight excluding hydrogens is 568 g/mol. The van der Waals surface area contributed by atoms with Gasteiger partial charge in [0, 0.05) is 17.6 Å². The molecule has 45 heavy (non-hydrogen) atoms. The highest BCUT2D eigenvalue weighted by Crippen LogP contribution is 2.69. The molecule has 0 radical (unpaired) electrons. The molecule has 0 spiro atoms. The lowest BCUT2D eigenvalue weighted by atomic mass is 9.39. The normalized spacial score (nSPS) is 27.8. The number of hydrogen-bond acceptors (Lipinski definition) is 7. The first kappa shape index (κ1) is 34.4. The van der Waals surface area contributed by atoms with Crippen LogP contribution in [-0.4, -0.2) is 44.4 Å². The number of allylic oxidation sites excluding steroid dienone is 5. The van der Waals surface area contributed by atoms with E-state index in [9.17, 15) is 20.1 Å². The zero-order chi connectivity index (χ0) is 33.9. The number of aromatic hydroxyl groups is 2. The standard InChI is InChI=1S/C38H50O7/c1-21(2)11-12-24(23(5)6)17-26-20-37(16-15-22(3)4)32(42)27-19-30(36(9,10)44)45-33(27)38(34(37)43,35(26,7)8)31(41)25-13-14-28(39)29(40)18-25/h13-15,18,24,26,30,39-40,44H,1,5,11-12,16-17,19-20H2,2-4,6-10H3/t24-,26-,30+,37+,38-/m1/s1. The summed E-state index contributed by atoms with van der Waals surface area (Å²) in [6, 6.07) is 3.78. The zero-order valence-corrected chi connectivity index (χ0v) is 28.2. The predicted molar refractivity (Wildman–Crippen MR) is 175 cm³/mol. The molecule has 3 N–H and O–H groups in total. The summed E-state index contributed by atoms with van der Waals surface area (Å²) >= 11 is 0. The van der Waals surface area contributed by atoms with Gasteiger partial charge >= 0.3 is 0 Å². The Morgan fingerprint density at radius 2 is 1.76 bits per heavy atom. The third-order valence-electron chi connectivity index (χ3n) is 10.7. The maximum atomic E-state index is 15.3. The lowest BCUT2D eigenvalue weighted by Gasteiger charge is -2.60. The van der Waals surface area contributed by atoms with Gasteiger partial charge in [-0.25, -0.2) is 0 Å². The Labute approximate surface area is 267 Å². The largest absolute Gasteiger partial charge is 0.504 e. The summed E-state index contributed by atoms with van der Waals surface area (Å²) in [7, 11) is 0. The summed E-state index contributed by atoms with van der Waals surface area (Å²) in [6.45, 7) is 23.2. The van der Waals surface area contributed by atoms with Crippen LogP contribution in [0.3, 0.4) is 0 Å². The SMILES string of the molecule is C=C(C)CC[C@H](C[C@@H]1C[C@@]2(CC=C(C)C)C(=O)C3=C(O[C@H](C(C)(C)O)C3)[C@](C(=O)c3ccc(O)c(O)c3)(C2=O)C1(C)C)C(=C)C. The van der Waals surface area contributed by atoms with Crippen molar-refractivity contribution >= 4 is 17.3 Å². The van der Waals surface area contributed by atoms with Gasteiger partial charge in [0.05, 0.1) is 11.0 Å². The van der Waals surface area contributed by atoms with Crippen LogP contribution >= 0.6 is 0 Å². The van der Waals surface area contributed by atoms with Crippen molar-refractivity contribution in [3.8, 4) is 11.5 Å². The molecule has 0 aromatic heterocycles. The number of ketones is 3. The van der Waals surface area contributed by atoms with Crippen molar-refractivity contribution in [2.24, 2.45) is 28.1 Å². The van der Waals surface area contributed by atoms with Gasteiger partial charge in [-0.3, -0.25) is 14.4 Å². The summed E-state index contributed by atoms with van der Waals surface area (Å²) in [6.07, 6.45) is 3.74. The molecule has 1 heterocycles. The van der Waals surface area contributed by atoms with Crippen LogP contribution in [0.25, 0.3) is 0 Å². The first-order chi connectivity index (χ1) is 20.7. The fraction of sp³-hybridized carbons (Fsp3) is 0.553. The number of benzene rings is 1. The first-order valence-electron chi connectivity index (χ1n) is 15.9. The Kier molecular flexibility index (Phi) is 8.97. The van der Waals surface area contributed by atoms with E-state index in [0.29, 0.717) is 6.42 Å². The molecule has 4 rings (SSSR count). The molecule has 2 aliphatic carbocycles. The fourth-order valence-electron chi connectivity index (χ4n) is 7.78. The average molecular weight is 619 g/mol. The van der Waals surface area contributed by atoms with Crippen LogP contribution < -0.4 is 0 Å². The molecule has 1 saturated carbocycles. The van der Waals surface area contributed by atoms with Crippen molar-refractivity contribution in [1.29, 1.82) is 0 Å². The number of phenols is 2. The molecule has 7 nitrogen and oxygen atoms in total. The Morgan fingerprint density at radius 1 is 1.11 bits per heavy atom. The molecule has 7 heteroatoms. The number of phenolic OH excluding ortho intramolecular Hbond substituents is 2. The number of aliphatic hydroxyl groups is 1. The Hall–Kier alpha value is -3.45. The monoisotopic (exact) mass is 618 g/mol. The average Bonchev–Trinajstić information content (AvgIpc) is 3.38. The Bertz CT molecular complexity index is 1510.